The first kappa shape index (κ1) is 19.0. The van der Waals surface area contributed by atoms with Crippen molar-refractivity contribution in [3.05, 3.63) is 78.6 Å². The number of nitrogens with one attached hydrogen (secondary N) is 1. The van der Waals surface area contributed by atoms with Crippen LogP contribution in [0.25, 0.3) is 55.4 Å². The summed E-state index contributed by atoms with van der Waals surface area (Å²) in [4.78, 5) is 12.3. The van der Waals surface area contributed by atoms with E-state index in [1.54, 1.807) is 0 Å². The number of hydrogen-bond acceptors (Lipinski definition) is 5. The van der Waals surface area contributed by atoms with Crippen LogP contribution in [0.4, 0.5) is 3.89 Å². The van der Waals surface area contributed by atoms with Gasteiger partial charge in [-0.15, -0.1) is 3.89 Å². The van der Waals surface area contributed by atoms with Gasteiger partial charge in [0.05, 0.1) is 23.2 Å². The molecule has 2 N–H and O–H groups in total. The molecule has 0 aliphatic rings. The fraction of sp³-hybridized carbons (Fsp3) is 0.0417. The number of hydrogen-bond donors (Lipinski definition) is 2. The van der Waals surface area contributed by atoms with Gasteiger partial charge in [0.25, 0.3) is 0 Å². The summed E-state index contributed by atoms with van der Waals surface area (Å²) in [6.45, 7) is -0.116. The second-order valence-electron chi connectivity index (χ2n) is 7.49. The molecule has 0 spiro atoms. The molecule has 0 saturated heterocycles. The van der Waals surface area contributed by atoms with E-state index in [2.05, 4.69) is 26.1 Å². The molecule has 0 aliphatic carbocycles. The number of aromatic amines is 1. The highest BCUT2D eigenvalue weighted by molar-refractivity contribution is 7.92. The van der Waals surface area contributed by atoms with Crippen LogP contribution < -0.4 is 0 Å². The van der Waals surface area contributed by atoms with Crippen LogP contribution in [0.1, 0.15) is 5.56 Å². The van der Waals surface area contributed by atoms with Crippen molar-refractivity contribution in [1.82, 2.24) is 24.1 Å². The van der Waals surface area contributed by atoms with Crippen LogP contribution in [0.2, 0.25) is 0 Å². The second kappa shape index (κ2) is 7.44. The van der Waals surface area contributed by atoms with Crippen molar-refractivity contribution in [2.75, 3.05) is 0 Å². The minimum Gasteiger partial charge on any atom is -0.392 e. The maximum Gasteiger partial charge on any atom is 0.188 e. The van der Waals surface area contributed by atoms with E-state index in [0.717, 1.165) is 38.4 Å². The standard InChI is InChI=1S/C24H16FN5OS/c25-32-30-21-9-8-14(19-12-26-11-15-4-1-2-6-17(15)19)10-18(21)23(29-30)24-27-20-7-3-5-16(13-31)22(20)28-24/h1-12,31H,13H2,(H,27,28). The molecule has 6 aromatic rings. The predicted molar refractivity (Wildman–Crippen MR) is 126 cm³/mol. The van der Waals surface area contributed by atoms with Crippen molar-refractivity contribution < 1.29 is 8.99 Å². The highest BCUT2D eigenvalue weighted by Crippen LogP contribution is 2.35. The first-order chi connectivity index (χ1) is 15.8. The Labute approximate surface area is 186 Å². The van der Waals surface area contributed by atoms with Crippen molar-refractivity contribution >= 4 is 45.0 Å². The molecule has 3 heterocycles. The van der Waals surface area contributed by atoms with Gasteiger partial charge in [-0.05, 0) is 29.1 Å². The maximum atomic E-state index is 13.7. The molecular formula is C24H16FN5OS. The summed E-state index contributed by atoms with van der Waals surface area (Å²) in [6, 6.07) is 19.5. The Kier molecular flexibility index (Phi) is 4.41. The van der Waals surface area contributed by atoms with Crippen LogP contribution in [-0.4, -0.2) is 29.2 Å². The van der Waals surface area contributed by atoms with E-state index in [-0.39, 0.29) is 18.9 Å². The van der Waals surface area contributed by atoms with Crippen LogP contribution in [0.5, 0.6) is 0 Å². The van der Waals surface area contributed by atoms with Crippen molar-refractivity contribution in [1.29, 1.82) is 0 Å². The minimum atomic E-state index is -0.116. The molecule has 0 bridgehead atoms. The lowest BCUT2D eigenvalue weighted by Gasteiger charge is -2.07. The molecule has 3 aromatic carbocycles. The molecule has 0 saturated carbocycles. The molecule has 0 radical (unpaired) electrons. The molecular weight excluding hydrogens is 425 g/mol. The average molecular weight is 441 g/mol. The first-order valence-corrected chi connectivity index (χ1v) is 10.7. The van der Waals surface area contributed by atoms with Crippen LogP contribution >= 0.6 is 12.3 Å². The number of fused-ring (bicyclic) bond motifs is 3. The monoisotopic (exact) mass is 441 g/mol. The number of aliphatic hydroxyl groups excluding tert-OH is 1. The molecule has 0 aliphatic heterocycles. The smallest absolute Gasteiger partial charge is 0.188 e. The van der Waals surface area contributed by atoms with E-state index in [9.17, 15) is 8.99 Å². The van der Waals surface area contributed by atoms with Gasteiger partial charge in [0.2, 0.25) is 0 Å². The van der Waals surface area contributed by atoms with Gasteiger partial charge in [-0.1, -0.05) is 42.5 Å². The lowest BCUT2D eigenvalue weighted by molar-refractivity contribution is 0.283. The summed E-state index contributed by atoms with van der Waals surface area (Å²) in [5.41, 5.74) is 5.32. The van der Waals surface area contributed by atoms with Crippen LogP contribution in [-0.2, 0) is 6.61 Å². The Morgan fingerprint density at radius 3 is 2.78 bits per heavy atom. The summed E-state index contributed by atoms with van der Waals surface area (Å²) < 4.78 is 14.9. The molecule has 0 fully saturated rings. The lowest BCUT2D eigenvalue weighted by atomic mass is 9.99. The normalized spacial score (nSPS) is 11.7. The van der Waals surface area contributed by atoms with Gasteiger partial charge >= 0.3 is 0 Å². The van der Waals surface area contributed by atoms with Gasteiger partial charge in [-0.3, -0.25) is 4.98 Å². The molecule has 0 atom stereocenters. The number of benzene rings is 3. The van der Waals surface area contributed by atoms with Crippen molar-refractivity contribution in [2.45, 2.75) is 6.61 Å². The average Bonchev–Trinajstić information content (AvgIpc) is 3.44. The van der Waals surface area contributed by atoms with Gasteiger partial charge in [-0.25, -0.2) is 4.98 Å². The zero-order valence-electron chi connectivity index (χ0n) is 16.7. The van der Waals surface area contributed by atoms with E-state index in [0.29, 0.717) is 22.6 Å². The number of nitrogens with zero attached hydrogens (tertiary/aromatic N) is 4. The summed E-state index contributed by atoms with van der Waals surface area (Å²) in [7, 11) is 0. The zero-order chi connectivity index (χ0) is 21.7. The number of imidazole rings is 1. The molecule has 0 unspecified atom stereocenters. The third kappa shape index (κ3) is 2.88. The van der Waals surface area contributed by atoms with Crippen LogP contribution in [0, 0.1) is 0 Å². The highest BCUT2D eigenvalue weighted by atomic mass is 32.2. The molecule has 0 amide bonds. The van der Waals surface area contributed by atoms with Gasteiger partial charge in [0.15, 0.2) is 18.2 Å². The number of pyridine rings is 1. The summed E-state index contributed by atoms with van der Waals surface area (Å²) in [5, 5.41) is 17.0. The summed E-state index contributed by atoms with van der Waals surface area (Å²) in [6.07, 6.45) is 3.68. The quantitative estimate of drug-likeness (QED) is 0.369. The van der Waals surface area contributed by atoms with Crippen molar-refractivity contribution in [2.24, 2.45) is 0 Å². The Morgan fingerprint density at radius 2 is 1.91 bits per heavy atom. The number of aromatic nitrogens is 5. The zero-order valence-corrected chi connectivity index (χ0v) is 17.5. The highest BCUT2D eigenvalue weighted by Gasteiger charge is 2.18. The molecule has 32 heavy (non-hydrogen) atoms. The lowest BCUT2D eigenvalue weighted by Crippen LogP contribution is -1.87. The Hall–Kier alpha value is -3.75. The van der Waals surface area contributed by atoms with E-state index < -0.39 is 0 Å². The van der Waals surface area contributed by atoms with Crippen LogP contribution in [0.15, 0.2) is 73.1 Å². The van der Waals surface area contributed by atoms with Gasteiger partial charge in [0.1, 0.15) is 5.69 Å². The largest absolute Gasteiger partial charge is 0.392 e. The Balaban J connectivity index is 1.60. The summed E-state index contributed by atoms with van der Waals surface area (Å²) >= 11 is 0.0441. The molecule has 156 valence electrons. The Bertz CT molecular complexity index is 1620. The van der Waals surface area contributed by atoms with E-state index in [1.165, 1.54) is 4.09 Å². The first-order valence-electron chi connectivity index (χ1n) is 10.0. The number of aliphatic hydroxyl groups is 1. The number of H-pyrrole nitrogens is 1. The molecule has 6 nitrogen and oxygen atoms in total. The van der Waals surface area contributed by atoms with Gasteiger partial charge in [-0.2, -0.15) is 9.19 Å². The summed E-state index contributed by atoms with van der Waals surface area (Å²) in [5.74, 6) is 0.520. The SMILES string of the molecule is OCc1cccc2[nH]c(-c3nn(SF)c4ccc(-c5cncc6ccccc56)cc34)nc12. The number of rotatable bonds is 4. The molecule has 3 aromatic heterocycles. The molecule has 6 rings (SSSR count). The van der Waals surface area contributed by atoms with Gasteiger partial charge in [0, 0.05) is 34.3 Å². The predicted octanol–water partition coefficient (Wildman–Crippen LogP) is 5.67. The minimum absolute atomic E-state index is 0.0441. The van der Waals surface area contributed by atoms with E-state index in [4.69, 9.17) is 0 Å². The van der Waals surface area contributed by atoms with E-state index in [1.807, 2.05) is 67.0 Å². The van der Waals surface area contributed by atoms with Crippen LogP contribution in [0.3, 0.4) is 0 Å². The third-order valence-corrected chi connectivity index (χ3v) is 6.09. The number of para-hydroxylation sites is 1. The third-order valence-electron chi connectivity index (χ3n) is 5.68. The van der Waals surface area contributed by atoms with Crippen molar-refractivity contribution in [3.8, 4) is 22.6 Å². The fourth-order valence-corrected chi connectivity index (χ4v) is 4.51. The second-order valence-corrected chi connectivity index (χ2v) is 7.97. The Morgan fingerprint density at radius 1 is 1.00 bits per heavy atom. The van der Waals surface area contributed by atoms with Gasteiger partial charge < -0.3 is 10.1 Å². The number of halogens is 1. The topological polar surface area (TPSA) is 79.6 Å². The fourth-order valence-electron chi connectivity index (χ4n) is 4.16. The maximum absolute atomic E-state index is 13.7. The van der Waals surface area contributed by atoms with Crippen molar-refractivity contribution in [3.63, 3.8) is 0 Å². The molecule has 8 heteroatoms. The van der Waals surface area contributed by atoms with E-state index >= 15 is 0 Å².